The molecule has 76 valence electrons. The van der Waals surface area contributed by atoms with Gasteiger partial charge in [-0.15, -0.1) is 0 Å². The van der Waals surface area contributed by atoms with E-state index in [1.54, 1.807) is 0 Å². The van der Waals surface area contributed by atoms with E-state index < -0.39 is 0 Å². The molecule has 0 aromatic heterocycles. The molecular formula is C11H22N2. The molecule has 1 aliphatic heterocycles. The molecule has 1 aliphatic carbocycles. The van der Waals surface area contributed by atoms with Crippen molar-refractivity contribution in [3.63, 3.8) is 0 Å². The topological polar surface area (TPSA) is 29.3 Å². The van der Waals surface area contributed by atoms with Crippen molar-refractivity contribution in [3.8, 4) is 0 Å². The fourth-order valence-electron chi connectivity index (χ4n) is 2.62. The molecule has 0 radical (unpaired) electrons. The largest absolute Gasteiger partial charge is 0.324 e. The van der Waals surface area contributed by atoms with E-state index in [1.165, 1.54) is 45.2 Å². The first-order valence-electron chi connectivity index (χ1n) is 5.73. The third-order valence-corrected chi connectivity index (χ3v) is 3.84. The first kappa shape index (κ1) is 9.47. The Balaban J connectivity index is 1.77. The zero-order chi connectivity index (χ0) is 9.31. The lowest BCUT2D eigenvalue weighted by molar-refractivity contribution is 0.161. The van der Waals surface area contributed by atoms with Crippen molar-refractivity contribution in [1.29, 1.82) is 0 Å². The minimum absolute atomic E-state index is 0.197. The zero-order valence-electron chi connectivity index (χ0n) is 8.76. The van der Waals surface area contributed by atoms with Gasteiger partial charge in [0.1, 0.15) is 0 Å². The monoisotopic (exact) mass is 182 g/mol. The highest BCUT2D eigenvalue weighted by molar-refractivity contribution is 4.96. The maximum absolute atomic E-state index is 6.23. The summed E-state index contributed by atoms with van der Waals surface area (Å²) in [5, 5.41) is 0. The van der Waals surface area contributed by atoms with Gasteiger partial charge in [0.25, 0.3) is 0 Å². The van der Waals surface area contributed by atoms with Crippen LogP contribution in [0.15, 0.2) is 0 Å². The van der Waals surface area contributed by atoms with Gasteiger partial charge in [0.15, 0.2) is 0 Å². The number of nitrogens with two attached hydrogens (primary N) is 1. The second-order valence-corrected chi connectivity index (χ2v) is 5.01. The summed E-state index contributed by atoms with van der Waals surface area (Å²) in [6, 6.07) is 0. The van der Waals surface area contributed by atoms with Crippen LogP contribution in [0.5, 0.6) is 0 Å². The van der Waals surface area contributed by atoms with Gasteiger partial charge >= 0.3 is 0 Å². The molecule has 0 bridgehead atoms. The van der Waals surface area contributed by atoms with Crippen LogP contribution in [0, 0.1) is 5.92 Å². The molecule has 1 saturated carbocycles. The first-order valence-corrected chi connectivity index (χ1v) is 5.73. The van der Waals surface area contributed by atoms with Gasteiger partial charge in [-0.3, -0.25) is 0 Å². The second-order valence-electron chi connectivity index (χ2n) is 5.01. The highest BCUT2D eigenvalue weighted by Crippen LogP contribution is 2.31. The summed E-state index contributed by atoms with van der Waals surface area (Å²) in [5.41, 5.74) is 6.42. The highest BCUT2D eigenvalue weighted by atomic mass is 15.2. The van der Waals surface area contributed by atoms with Crippen LogP contribution < -0.4 is 5.73 Å². The SMILES string of the molecule is CCC1CCN(CC2(N)CCC2)C1. The van der Waals surface area contributed by atoms with Crippen LogP contribution in [0.25, 0.3) is 0 Å². The zero-order valence-corrected chi connectivity index (χ0v) is 8.76. The summed E-state index contributed by atoms with van der Waals surface area (Å²) in [5.74, 6) is 0.948. The summed E-state index contributed by atoms with van der Waals surface area (Å²) in [6.45, 7) is 6.05. The van der Waals surface area contributed by atoms with Crippen molar-refractivity contribution in [2.45, 2.75) is 44.6 Å². The fourth-order valence-corrected chi connectivity index (χ4v) is 2.62. The molecule has 1 saturated heterocycles. The predicted octanol–water partition coefficient (Wildman–Crippen LogP) is 1.60. The molecular weight excluding hydrogens is 160 g/mol. The Hall–Kier alpha value is -0.0800. The Labute approximate surface area is 81.5 Å². The molecule has 2 N–H and O–H groups in total. The summed E-state index contributed by atoms with van der Waals surface area (Å²) in [6.07, 6.45) is 6.59. The van der Waals surface area contributed by atoms with Crippen LogP contribution in [0.3, 0.4) is 0 Å². The highest BCUT2D eigenvalue weighted by Gasteiger charge is 2.35. The van der Waals surface area contributed by atoms with Crippen LogP contribution in [0.1, 0.15) is 39.0 Å². The van der Waals surface area contributed by atoms with E-state index in [0.717, 1.165) is 12.5 Å². The number of nitrogens with zero attached hydrogens (tertiary/aromatic N) is 1. The Kier molecular flexibility index (Phi) is 2.61. The maximum atomic E-state index is 6.23. The van der Waals surface area contributed by atoms with Crippen LogP contribution in [0.2, 0.25) is 0 Å². The molecule has 2 rings (SSSR count). The fraction of sp³-hybridized carbons (Fsp3) is 1.00. The van der Waals surface area contributed by atoms with Gasteiger partial charge < -0.3 is 10.6 Å². The third kappa shape index (κ3) is 2.05. The minimum Gasteiger partial charge on any atom is -0.324 e. The van der Waals surface area contributed by atoms with E-state index in [2.05, 4.69) is 11.8 Å². The molecule has 13 heavy (non-hydrogen) atoms. The normalized spacial score (nSPS) is 33.2. The van der Waals surface area contributed by atoms with Gasteiger partial charge in [0, 0.05) is 18.6 Å². The van der Waals surface area contributed by atoms with E-state index in [1.807, 2.05) is 0 Å². The number of rotatable bonds is 3. The molecule has 0 amide bonds. The van der Waals surface area contributed by atoms with Crippen molar-refractivity contribution in [1.82, 2.24) is 4.90 Å². The van der Waals surface area contributed by atoms with Crippen molar-refractivity contribution < 1.29 is 0 Å². The van der Waals surface area contributed by atoms with Gasteiger partial charge in [-0.2, -0.15) is 0 Å². The van der Waals surface area contributed by atoms with Gasteiger partial charge in [0.05, 0.1) is 0 Å². The summed E-state index contributed by atoms with van der Waals surface area (Å²) in [7, 11) is 0. The van der Waals surface area contributed by atoms with Crippen LogP contribution in [-0.4, -0.2) is 30.1 Å². The maximum Gasteiger partial charge on any atom is 0.0283 e. The lowest BCUT2D eigenvalue weighted by Crippen LogP contribution is -2.54. The molecule has 0 spiro atoms. The van der Waals surface area contributed by atoms with E-state index >= 15 is 0 Å². The van der Waals surface area contributed by atoms with E-state index in [0.29, 0.717) is 0 Å². The average molecular weight is 182 g/mol. The van der Waals surface area contributed by atoms with Crippen molar-refractivity contribution in [2.75, 3.05) is 19.6 Å². The van der Waals surface area contributed by atoms with Crippen molar-refractivity contribution in [3.05, 3.63) is 0 Å². The average Bonchev–Trinajstić information content (AvgIpc) is 2.49. The van der Waals surface area contributed by atoms with Gasteiger partial charge in [0.2, 0.25) is 0 Å². The lowest BCUT2D eigenvalue weighted by Gasteiger charge is -2.41. The quantitative estimate of drug-likeness (QED) is 0.718. The number of hydrogen-bond donors (Lipinski definition) is 1. The predicted molar refractivity (Wildman–Crippen MR) is 55.6 cm³/mol. The summed E-state index contributed by atoms with van der Waals surface area (Å²) in [4.78, 5) is 2.58. The summed E-state index contributed by atoms with van der Waals surface area (Å²) < 4.78 is 0. The van der Waals surface area contributed by atoms with E-state index in [-0.39, 0.29) is 5.54 Å². The lowest BCUT2D eigenvalue weighted by atomic mass is 9.77. The van der Waals surface area contributed by atoms with Crippen LogP contribution >= 0.6 is 0 Å². The molecule has 1 atom stereocenters. The standard InChI is InChI=1S/C11H22N2/c1-2-10-4-7-13(8-10)9-11(12)5-3-6-11/h10H,2-9,12H2,1H3. The molecule has 2 heteroatoms. The van der Waals surface area contributed by atoms with Crippen molar-refractivity contribution >= 4 is 0 Å². The molecule has 2 aliphatic rings. The van der Waals surface area contributed by atoms with E-state index in [4.69, 9.17) is 5.73 Å². The Morgan fingerprint density at radius 3 is 2.69 bits per heavy atom. The first-order chi connectivity index (χ1) is 6.22. The van der Waals surface area contributed by atoms with Gasteiger partial charge in [-0.1, -0.05) is 13.3 Å². The minimum atomic E-state index is 0.197. The molecule has 0 aromatic carbocycles. The summed E-state index contributed by atoms with van der Waals surface area (Å²) >= 11 is 0. The second kappa shape index (κ2) is 3.58. The Bertz CT molecular complexity index is 175. The van der Waals surface area contributed by atoms with Crippen LogP contribution in [0.4, 0.5) is 0 Å². The molecule has 2 nitrogen and oxygen atoms in total. The molecule has 2 fully saturated rings. The van der Waals surface area contributed by atoms with E-state index in [9.17, 15) is 0 Å². The Morgan fingerprint density at radius 2 is 2.23 bits per heavy atom. The number of hydrogen-bond acceptors (Lipinski definition) is 2. The van der Waals surface area contributed by atoms with Gasteiger partial charge in [-0.05, 0) is 38.1 Å². The molecule has 1 unspecified atom stereocenters. The smallest absolute Gasteiger partial charge is 0.0283 e. The van der Waals surface area contributed by atoms with Crippen LogP contribution in [-0.2, 0) is 0 Å². The molecule has 0 aromatic rings. The molecule has 1 heterocycles. The van der Waals surface area contributed by atoms with Gasteiger partial charge in [-0.25, -0.2) is 0 Å². The number of likely N-dealkylation sites (tertiary alicyclic amines) is 1. The van der Waals surface area contributed by atoms with Crippen molar-refractivity contribution in [2.24, 2.45) is 11.7 Å². The third-order valence-electron chi connectivity index (χ3n) is 3.84. The Morgan fingerprint density at radius 1 is 1.46 bits per heavy atom.